The number of ether oxygens (including phenoxy) is 1. The second-order valence-corrected chi connectivity index (χ2v) is 7.02. The molecule has 1 aromatic carbocycles. The Morgan fingerprint density at radius 3 is 2.95 bits per heavy atom. The predicted molar refractivity (Wildman–Crippen MR) is 83.0 cm³/mol. The molecule has 1 aliphatic rings. The van der Waals surface area contributed by atoms with Gasteiger partial charge in [0.1, 0.15) is 5.75 Å². The van der Waals surface area contributed by atoms with Gasteiger partial charge in [-0.1, -0.05) is 18.2 Å². The van der Waals surface area contributed by atoms with Gasteiger partial charge in [0.25, 0.3) is 0 Å². The Kier molecular flexibility index (Phi) is 3.65. The van der Waals surface area contributed by atoms with Gasteiger partial charge in [-0.3, -0.25) is 0 Å². The van der Waals surface area contributed by atoms with Crippen LogP contribution in [-0.2, 0) is 0 Å². The first-order valence-electron chi connectivity index (χ1n) is 6.40. The van der Waals surface area contributed by atoms with Gasteiger partial charge in [-0.25, -0.2) is 0 Å². The normalized spacial score (nSPS) is 19.6. The second-order valence-electron chi connectivity index (χ2n) is 4.88. The Labute approximate surface area is 125 Å². The third-order valence-electron chi connectivity index (χ3n) is 3.58. The number of rotatable bonds is 2. The lowest BCUT2D eigenvalue weighted by atomic mass is 9.86. The Hall–Kier alpha value is -0.840. The van der Waals surface area contributed by atoms with E-state index in [0.29, 0.717) is 5.92 Å². The highest BCUT2D eigenvalue weighted by Gasteiger charge is 2.29. The molecule has 0 aliphatic carbocycles. The lowest BCUT2D eigenvalue weighted by molar-refractivity contribution is 0.256. The molecule has 0 amide bonds. The van der Waals surface area contributed by atoms with Crippen molar-refractivity contribution in [3.63, 3.8) is 0 Å². The first-order chi connectivity index (χ1) is 9.16. The van der Waals surface area contributed by atoms with Gasteiger partial charge in [0.2, 0.25) is 0 Å². The van der Waals surface area contributed by atoms with Crippen molar-refractivity contribution >= 4 is 27.3 Å². The summed E-state index contributed by atoms with van der Waals surface area (Å²) in [7, 11) is 0. The highest BCUT2D eigenvalue weighted by Crippen LogP contribution is 2.43. The predicted octanol–water partition coefficient (Wildman–Crippen LogP) is 4.39. The summed E-state index contributed by atoms with van der Waals surface area (Å²) in [6, 6.07) is 10.4. The average Bonchev–Trinajstić information content (AvgIpc) is 2.76. The number of aryl methyl sites for hydroxylation is 1. The monoisotopic (exact) mass is 337 g/mol. The molecule has 1 aliphatic heterocycles. The summed E-state index contributed by atoms with van der Waals surface area (Å²) in [4.78, 5) is 2.52. The Bertz CT molecular complexity index is 596. The van der Waals surface area contributed by atoms with Gasteiger partial charge < -0.3 is 10.5 Å². The van der Waals surface area contributed by atoms with E-state index >= 15 is 0 Å². The summed E-state index contributed by atoms with van der Waals surface area (Å²) in [5.74, 6) is 1.32. The third-order valence-corrected chi connectivity index (χ3v) is 5.65. The molecule has 2 heterocycles. The van der Waals surface area contributed by atoms with E-state index in [1.807, 2.05) is 12.1 Å². The van der Waals surface area contributed by atoms with E-state index in [1.54, 1.807) is 11.3 Å². The van der Waals surface area contributed by atoms with Gasteiger partial charge in [-0.15, -0.1) is 11.3 Å². The number of hydrogen-bond donors (Lipinski definition) is 1. The first kappa shape index (κ1) is 13.2. The van der Waals surface area contributed by atoms with Crippen molar-refractivity contribution in [3.8, 4) is 5.75 Å². The molecule has 0 saturated heterocycles. The quantitative estimate of drug-likeness (QED) is 0.882. The van der Waals surface area contributed by atoms with E-state index in [-0.39, 0.29) is 6.04 Å². The molecule has 0 spiro atoms. The third kappa shape index (κ3) is 2.45. The van der Waals surface area contributed by atoms with Crippen LogP contribution in [0.25, 0.3) is 0 Å². The van der Waals surface area contributed by atoms with Crippen molar-refractivity contribution in [1.82, 2.24) is 0 Å². The van der Waals surface area contributed by atoms with E-state index in [4.69, 9.17) is 10.5 Å². The fourth-order valence-electron chi connectivity index (χ4n) is 2.65. The van der Waals surface area contributed by atoms with Crippen LogP contribution in [0.5, 0.6) is 5.75 Å². The minimum Gasteiger partial charge on any atom is -0.493 e. The first-order valence-corrected chi connectivity index (χ1v) is 8.01. The number of benzene rings is 1. The molecular formula is C15H16BrNOS. The molecule has 3 rings (SSSR count). The minimum atomic E-state index is 0.0260. The number of hydrogen-bond acceptors (Lipinski definition) is 3. The van der Waals surface area contributed by atoms with Crippen LogP contribution in [-0.4, -0.2) is 6.61 Å². The lowest BCUT2D eigenvalue weighted by Gasteiger charge is -2.30. The van der Waals surface area contributed by atoms with Crippen LogP contribution >= 0.6 is 27.3 Å². The van der Waals surface area contributed by atoms with Crippen LogP contribution in [0.3, 0.4) is 0 Å². The van der Waals surface area contributed by atoms with E-state index < -0.39 is 0 Å². The van der Waals surface area contributed by atoms with Crippen molar-refractivity contribution in [3.05, 3.63) is 50.1 Å². The van der Waals surface area contributed by atoms with Gasteiger partial charge in [0.05, 0.1) is 6.61 Å². The molecule has 1 aromatic heterocycles. The van der Waals surface area contributed by atoms with Crippen LogP contribution in [0.4, 0.5) is 0 Å². The SMILES string of the molecule is Cc1cc(Br)c(C(N)C2CCOc3ccccc32)s1. The summed E-state index contributed by atoms with van der Waals surface area (Å²) < 4.78 is 6.84. The fraction of sp³-hybridized carbons (Fsp3) is 0.333. The standard InChI is InChI=1S/C15H16BrNOS/c1-9-8-12(16)15(19-9)14(17)11-6-7-18-13-5-3-2-4-10(11)13/h2-5,8,11,14H,6-7,17H2,1H3. The molecule has 0 fully saturated rings. The number of nitrogens with two attached hydrogens (primary N) is 1. The van der Waals surface area contributed by atoms with Crippen molar-refractivity contribution in [1.29, 1.82) is 0 Å². The maximum absolute atomic E-state index is 6.52. The Morgan fingerprint density at radius 1 is 1.42 bits per heavy atom. The van der Waals surface area contributed by atoms with Gasteiger partial charge in [-0.2, -0.15) is 0 Å². The van der Waals surface area contributed by atoms with Gasteiger partial charge in [0.15, 0.2) is 0 Å². The Balaban J connectivity index is 1.97. The fourth-order valence-corrected chi connectivity index (χ4v) is 4.64. The summed E-state index contributed by atoms with van der Waals surface area (Å²) in [5.41, 5.74) is 7.76. The maximum atomic E-state index is 6.52. The lowest BCUT2D eigenvalue weighted by Crippen LogP contribution is -2.25. The largest absolute Gasteiger partial charge is 0.493 e. The summed E-state index contributed by atoms with van der Waals surface area (Å²) in [5, 5.41) is 0. The molecule has 2 unspecified atom stereocenters. The molecule has 19 heavy (non-hydrogen) atoms. The van der Waals surface area contributed by atoms with Gasteiger partial charge in [-0.05, 0) is 47.0 Å². The molecule has 2 aromatic rings. The number of para-hydroxylation sites is 1. The average molecular weight is 338 g/mol. The van der Waals surface area contributed by atoms with Crippen LogP contribution in [0.15, 0.2) is 34.8 Å². The number of fused-ring (bicyclic) bond motifs is 1. The zero-order valence-electron chi connectivity index (χ0n) is 10.7. The minimum absolute atomic E-state index is 0.0260. The highest BCUT2D eigenvalue weighted by molar-refractivity contribution is 9.10. The van der Waals surface area contributed by atoms with Gasteiger partial charge >= 0.3 is 0 Å². The van der Waals surface area contributed by atoms with Crippen molar-refractivity contribution in [2.24, 2.45) is 5.73 Å². The number of thiophene rings is 1. The van der Waals surface area contributed by atoms with Crippen LogP contribution in [0.2, 0.25) is 0 Å². The molecule has 0 radical (unpaired) electrons. The van der Waals surface area contributed by atoms with Crippen LogP contribution in [0.1, 0.15) is 33.7 Å². The van der Waals surface area contributed by atoms with Crippen molar-refractivity contribution < 1.29 is 4.74 Å². The molecule has 2 atom stereocenters. The maximum Gasteiger partial charge on any atom is 0.122 e. The van der Waals surface area contributed by atoms with Crippen LogP contribution < -0.4 is 10.5 Å². The van der Waals surface area contributed by atoms with Crippen LogP contribution in [0, 0.1) is 6.92 Å². The van der Waals surface area contributed by atoms with Crippen molar-refractivity contribution in [2.45, 2.75) is 25.3 Å². The number of halogens is 1. The Morgan fingerprint density at radius 2 is 2.21 bits per heavy atom. The summed E-state index contributed by atoms with van der Waals surface area (Å²) >= 11 is 5.40. The molecule has 0 saturated carbocycles. The molecular weight excluding hydrogens is 322 g/mol. The van der Waals surface area contributed by atoms with Crippen molar-refractivity contribution in [2.75, 3.05) is 6.61 Å². The summed E-state index contributed by atoms with van der Waals surface area (Å²) in [6.45, 7) is 2.86. The smallest absolute Gasteiger partial charge is 0.122 e. The zero-order chi connectivity index (χ0) is 13.4. The van der Waals surface area contributed by atoms with E-state index in [1.165, 1.54) is 15.3 Å². The molecule has 100 valence electrons. The van der Waals surface area contributed by atoms with E-state index in [0.717, 1.165) is 23.2 Å². The summed E-state index contributed by atoms with van der Waals surface area (Å²) in [6.07, 6.45) is 0.974. The van der Waals surface area contributed by atoms with E-state index in [2.05, 4.69) is 41.1 Å². The molecule has 4 heteroatoms. The molecule has 2 nitrogen and oxygen atoms in total. The topological polar surface area (TPSA) is 35.2 Å². The van der Waals surface area contributed by atoms with Gasteiger partial charge in [0, 0.05) is 26.2 Å². The second kappa shape index (κ2) is 5.27. The molecule has 2 N–H and O–H groups in total. The zero-order valence-corrected chi connectivity index (χ0v) is 13.1. The highest BCUT2D eigenvalue weighted by atomic mass is 79.9. The molecule has 0 bridgehead atoms. The van der Waals surface area contributed by atoms with E-state index in [9.17, 15) is 0 Å².